The monoisotopic (exact) mass is 1140 g/mol. The smallest absolute Gasteiger partial charge is 0.220 e. The van der Waals surface area contributed by atoms with E-state index in [1.165, 1.54) is 283 Å². The van der Waals surface area contributed by atoms with Crippen molar-refractivity contribution < 1.29 is 39.8 Å². The molecule has 0 aromatic rings. The Hall–Kier alpha value is -1.85. The zero-order chi connectivity index (χ0) is 58.6. The summed E-state index contributed by atoms with van der Waals surface area (Å²) in [6.07, 6.45) is 76.6. The molecule has 81 heavy (non-hydrogen) atoms. The van der Waals surface area contributed by atoms with Crippen LogP contribution < -0.4 is 5.32 Å². The van der Waals surface area contributed by atoms with Crippen molar-refractivity contribution in [3.63, 3.8) is 0 Å². The van der Waals surface area contributed by atoms with Gasteiger partial charge in [0.25, 0.3) is 0 Å². The quantitative estimate of drug-likeness (QED) is 0.0261. The van der Waals surface area contributed by atoms with Gasteiger partial charge in [-0.15, -0.1) is 0 Å². The van der Waals surface area contributed by atoms with Crippen molar-refractivity contribution in [2.24, 2.45) is 0 Å². The highest BCUT2D eigenvalue weighted by Crippen LogP contribution is 2.23. The zero-order valence-corrected chi connectivity index (χ0v) is 53.3. The zero-order valence-electron chi connectivity index (χ0n) is 53.3. The van der Waals surface area contributed by atoms with Gasteiger partial charge in [-0.2, -0.15) is 0 Å². The third-order valence-corrected chi connectivity index (χ3v) is 16.9. The maximum absolute atomic E-state index is 13.1. The van der Waals surface area contributed by atoms with Crippen molar-refractivity contribution in [2.45, 2.75) is 391 Å². The van der Waals surface area contributed by atoms with Gasteiger partial charge in [0.05, 0.1) is 25.4 Å². The second-order valence-corrected chi connectivity index (χ2v) is 24.7. The van der Waals surface area contributed by atoms with Gasteiger partial charge in [-0.3, -0.25) is 4.79 Å². The highest BCUT2D eigenvalue weighted by atomic mass is 16.7. The molecule has 476 valence electrons. The predicted octanol–water partition coefficient (Wildman–Crippen LogP) is 19.2. The summed E-state index contributed by atoms with van der Waals surface area (Å²) in [6, 6.07) is -0.830. The second kappa shape index (κ2) is 61.2. The van der Waals surface area contributed by atoms with E-state index in [9.17, 15) is 30.3 Å². The van der Waals surface area contributed by atoms with Crippen LogP contribution in [0.15, 0.2) is 48.6 Å². The number of hydrogen-bond acceptors (Lipinski definition) is 8. The number of carbonyl (C=O) groups is 1. The van der Waals surface area contributed by atoms with E-state index in [-0.39, 0.29) is 12.5 Å². The highest BCUT2D eigenvalue weighted by molar-refractivity contribution is 5.76. The number of unbranched alkanes of at least 4 members (excludes halogenated alkanes) is 46. The number of ether oxygens (including phenoxy) is 2. The predicted molar refractivity (Wildman–Crippen MR) is 346 cm³/mol. The lowest BCUT2D eigenvalue weighted by molar-refractivity contribution is -0.302. The largest absolute Gasteiger partial charge is 0.394 e. The molecule has 9 heteroatoms. The first-order valence-corrected chi connectivity index (χ1v) is 35.4. The lowest BCUT2D eigenvalue weighted by Gasteiger charge is -2.40. The van der Waals surface area contributed by atoms with Gasteiger partial charge in [-0.25, -0.2) is 0 Å². The van der Waals surface area contributed by atoms with Crippen molar-refractivity contribution in [1.29, 1.82) is 0 Å². The molecule has 1 saturated heterocycles. The molecular formula is C72H135NO8. The Bertz CT molecular complexity index is 1420. The Kier molecular flexibility index (Phi) is 58.3. The Morgan fingerprint density at radius 2 is 0.704 bits per heavy atom. The molecule has 1 aliphatic heterocycles. The average molecular weight is 1140 g/mol. The Morgan fingerprint density at radius 3 is 1.04 bits per heavy atom. The van der Waals surface area contributed by atoms with Crippen LogP contribution in [0.3, 0.4) is 0 Å². The van der Waals surface area contributed by atoms with Crippen LogP contribution in [0.1, 0.15) is 348 Å². The van der Waals surface area contributed by atoms with Crippen LogP contribution in [0.5, 0.6) is 0 Å². The molecule has 1 fully saturated rings. The summed E-state index contributed by atoms with van der Waals surface area (Å²) in [6.45, 7) is 3.81. The summed E-state index contributed by atoms with van der Waals surface area (Å²) in [7, 11) is 0. The Labute approximate surface area is 501 Å². The SMILES string of the molecule is CCCCCCCCCC/C=C\CCCCCCCCCCCCCCCCCC(=O)NC(COC1OC(CO)C(O)C(O)C1O)C(O)/C=C/CC/C=C/CC/C=C/CCCCCCCCCCCCCCCCCCCCCCC. The number of aliphatic hydroxyl groups is 5. The second-order valence-electron chi connectivity index (χ2n) is 24.7. The molecule has 1 heterocycles. The van der Waals surface area contributed by atoms with Crippen LogP contribution >= 0.6 is 0 Å². The minimum absolute atomic E-state index is 0.186. The van der Waals surface area contributed by atoms with Crippen LogP contribution in [-0.2, 0) is 14.3 Å². The van der Waals surface area contributed by atoms with Crippen LogP contribution in [0.2, 0.25) is 0 Å². The molecule has 9 nitrogen and oxygen atoms in total. The van der Waals surface area contributed by atoms with Crippen LogP contribution in [0.4, 0.5) is 0 Å². The first-order chi connectivity index (χ1) is 39.8. The maximum Gasteiger partial charge on any atom is 0.220 e. The molecule has 7 atom stereocenters. The van der Waals surface area contributed by atoms with Gasteiger partial charge in [-0.1, -0.05) is 319 Å². The molecule has 0 aliphatic carbocycles. The molecule has 7 unspecified atom stereocenters. The van der Waals surface area contributed by atoms with Crippen LogP contribution in [-0.4, -0.2) is 87.5 Å². The topological polar surface area (TPSA) is 149 Å². The van der Waals surface area contributed by atoms with Gasteiger partial charge in [0, 0.05) is 6.42 Å². The average Bonchev–Trinajstić information content (AvgIpc) is 3.48. The molecule has 1 aliphatic rings. The van der Waals surface area contributed by atoms with E-state index in [2.05, 4.69) is 55.6 Å². The lowest BCUT2D eigenvalue weighted by atomic mass is 9.99. The van der Waals surface area contributed by atoms with E-state index in [1.54, 1.807) is 6.08 Å². The van der Waals surface area contributed by atoms with Gasteiger partial charge in [0.15, 0.2) is 6.29 Å². The molecule has 0 bridgehead atoms. The van der Waals surface area contributed by atoms with E-state index in [4.69, 9.17) is 9.47 Å². The van der Waals surface area contributed by atoms with Crippen molar-refractivity contribution in [3.05, 3.63) is 48.6 Å². The highest BCUT2D eigenvalue weighted by Gasteiger charge is 2.44. The summed E-state index contributed by atoms with van der Waals surface area (Å²) < 4.78 is 11.3. The standard InChI is InChI=1S/C72H135NO8/c1-3-5-7-9-11-13-15-17-19-21-23-25-27-29-31-32-33-34-36-37-39-41-43-45-47-49-51-53-55-57-59-61-66(75)65(64-80-72-71(79)70(78)69(77)67(63-74)81-72)73-68(76)62-60-58-56-54-52-50-48-46-44-42-40-38-35-30-28-26-24-22-20-18-16-14-12-10-8-6-4-2/h22,24,43,45,51,53,59,61,65-67,69-72,74-75,77-79H,3-21,23,25-42,44,46-50,52,54-58,60,62-64H2,1-2H3,(H,73,76)/b24-22-,45-43+,53-51+,61-59+. The fraction of sp³-hybridized carbons (Fsp3) is 0.875. The molecule has 0 radical (unpaired) electrons. The normalized spacial score (nSPS) is 18.6. The van der Waals surface area contributed by atoms with E-state index in [0.717, 1.165) is 44.9 Å². The molecule has 0 aromatic heterocycles. The summed E-state index contributed by atoms with van der Waals surface area (Å²) >= 11 is 0. The number of nitrogens with one attached hydrogen (secondary N) is 1. The molecule has 0 saturated carbocycles. The van der Waals surface area contributed by atoms with E-state index in [1.807, 2.05) is 6.08 Å². The summed E-state index contributed by atoms with van der Waals surface area (Å²) in [5.41, 5.74) is 0. The fourth-order valence-corrected chi connectivity index (χ4v) is 11.3. The summed E-state index contributed by atoms with van der Waals surface area (Å²) in [5.74, 6) is -0.186. The van der Waals surface area contributed by atoms with Crippen LogP contribution in [0.25, 0.3) is 0 Å². The molecule has 1 rings (SSSR count). The number of allylic oxidation sites excluding steroid dienone is 7. The third kappa shape index (κ3) is 50.1. The summed E-state index contributed by atoms with van der Waals surface area (Å²) in [4.78, 5) is 13.1. The van der Waals surface area contributed by atoms with E-state index < -0.39 is 49.5 Å². The van der Waals surface area contributed by atoms with Gasteiger partial charge in [-0.05, 0) is 70.6 Å². The molecular weight excluding hydrogens is 1010 g/mol. The number of rotatable bonds is 62. The Morgan fingerprint density at radius 1 is 0.407 bits per heavy atom. The number of aliphatic hydroxyl groups excluding tert-OH is 5. The number of carbonyl (C=O) groups excluding carboxylic acids is 1. The van der Waals surface area contributed by atoms with Gasteiger partial charge >= 0.3 is 0 Å². The molecule has 0 spiro atoms. The minimum atomic E-state index is -1.58. The van der Waals surface area contributed by atoms with Gasteiger partial charge in [0.2, 0.25) is 5.91 Å². The van der Waals surface area contributed by atoms with E-state index >= 15 is 0 Å². The molecule has 0 aromatic carbocycles. The minimum Gasteiger partial charge on any atom is -0.394 e. The van der Waals surface area contributed by atoms with Crippen molar-refractivity contribution in [3.8, 4) is 0 Å². The third-order valence-electron chi connectivity index (χ3n) is 16.9. The number of amides is 1. The Balaban J connectivity index is 2.16. The van der Waals surface area contributed by atoms with Crippen molar-refractivity contribution in [1.82, 2.24) is 5.32 Å². The first-order valence-electron chi connectivity index (χ1n) is 35.4. The van der Waals surface area contributed by atoms with Gasteiger partial charge < -0.3 is 40.3 Å². The first kappa shape index (κ1) is 77.2. The summed E-state index contributed by atoms with van der Waals surface area (Å²) in [5, 5.41) is 54.7. The van der Waals surface area contributed by atoms with Crippen molar-refractivity contribution in [2.75, 3.05) is 13.2 Å². The van der Waals surface area contributed by atoms with Crippen molar-refractivity contribution >= 4 is 5.91 Å². The number of hydrogen-bond donors (Lipinski definition) is 6. The van der Waals surface area contributed by atoms with Gasteiger partial charge in [0.1, 0.15) is 24.4 Å². The lowest BCUT2D eigenvalue weighted by Crippen LogP contribution is -2.60. The maximum atomic E-state index is 13.1. The van der Waals surface area contributed by atoms with Crippen LogP contribution in [0, 0.1) is 0 Å². The van der Waals surface area contributed by atoms with E-state index in [0.29, 0.717) is 6.42 Å². The molecule has 1 amide bonds. The molecule has 6 N–H and O–H groups in total. The fourth-order valence-electron chi connectivity index (χ4n) is 11.3.